The Bertz CT molecular complexity index is 654. The number of carbonyl (C=O) groups is 2. The van der Waals surface area contributed by atoms with Crippen LogP contribution in [0.5, 0.6) is 0 Å². The van der Waals surface area contributed by atoms with Crippen molar-refractivity contribution in [3.8, 4) is 0 Å². The average molecular weight is 375 g/mol. The fourth-order valence-electron chi connectivity index (χ4n) is 5.11. The van der Waals surface area contributed by atoms with Crippen LogP contribution in [0.4, 0.5) is 0 Å². The molecule has 3 N–H and O–H groups in total. The zero-order chi connectivity index (χ0) is 18.8. The number of aromatic nitrogens is 1. The maximum absolute atomic E-state index is 12.2. The van der Waals surface area contributed by atoms with Crippen molar-refractivity contribution < 1.29 is 19.4 Å². The molecule has 0 saturated carbocycles. The number of H-pyrrole nitrogens is 1. The molecule has 3 aliphatic rings. The van der Waals surface area contributed by atoms with Crippen LogP contribution in [0, 0.1) is 11.8 Å². The first-order valence-corrected chi connectivity index (χ1v) is 10.1. The second kappa shape index (κ2) is 8.02. The Hall–Kier alpha value is -1.86. The van der Waals surface area contributed by atoms with E-state index in [1.165, 1.54) is 0 Å². The summed E-state index contributed by atoms with van der Waals surface area (Å²) < 4.78 is 5.70. The smallest absolute Gasteiger partial charge is 0.355 e. The molecule has 1 aromatic heterocycles. The molecule has 0 spiro atoms. The van der Waals surface area contributed by atoms with Crippen LogP contribution in [0.2, 0.25) is 0 Å². The van der Waals surface area contributed by atoms with E-state index >= 15 is 0 Å². The van der Waals surface area contributed by atoms with Gasteiger partial charge in [-0.2, -0.15) is 0 Å². The van der Waals surface area contributed by atoms with Crippen LogP contribution in [0.3, 0.4) is 0 Å². The van der Waals surface area contributed by atoms with Crippen LogP contribution in [0.25, 0.3) is 0 Å². The molecule has 2 unspecified atom stereocenters. The average Bonchev–Trinajstić information content (AvgIpc) is 3.22. The first-order valence-electron chi connectivity index (χ1n) is 10.1. The number of esters is 1. The lowest BCUT2D eigenvalue weighted by Gasteiger charge is -2.50. The van der Waals surface area contributed by atoms with Gasteiger partial charge in [0.05, 0.1) is 0 Å². The molecule has 3 aliphatic heterocycles. The number of aromatic amines is 1. The normalized spacial score (nSPS) is 34.6. The first kappa shape index (κ1) is 18.5. The van der Waals surface area contributed by atoms with Gasteiger partial charge in [-0.3, -0.25) is 9.69 Å². The number of carbonyl (C=O) groups excluding carboxylic acids is 2. The van der Waals surface area contributed by atoms with Crippen molar-refractivity contribution in [1.82, 2.24) is 15.2 Å². The number of fused-ring (bicyclic) bond motifs is 1. The van der Waals surface area contributed by atoms with E-state index in [1.807, 2.05) is 0 Å². The van der Waals surface area contributed by atoms with Gasteiger partial charge in [0.25, 0.3) is 0 Å². The second-order valence-electron chi connectivity index (χ2n) is 8.20. The molecule has 27 heavy (non-hydrogen) atoms. The summed E-state index contributed by atoms with van der Waals surface area (Å²) >= 11 is 0. The van der Waals surface area contributed by atoms with Crippen molar-refractivity contribution in [2.24, 2.45) is 11.8 Å². The Morgan fingerprint density at radius 2 is 2.22 bits per heavy atom. The predicted molar refractivity (Wildman–Crippen MR) is 99.1 cm³/mol. The molecule has 0 aromatic carbocycles. The summed E-state index contributed by atoms with van der Waals surface area (Å²) in [5.74, 6) is 0.400. The monoisotopic (exact) mass is 375 g/mol. The molecule has 5 atom stereocenters. The van der Waals surface area contributed by atoms with Gasteiger partial charge < -0.3 is 20.1 Å². The molecule has 3 fully saturated rings. The summed E-state index contributed by atoms with van der Waals surface area (Å²) in [6, 6.07) is 3.97. The minimum Gasteiger partial charge on any atom is -0.458 e. The van der Waals surface area contributed by atoms with Crippen molar-refractivity contribution in [2.45, 2.75) is 56.7 Å². The Morgan fingerprint density at radius 3 is 2.96 bits per heavy atom. The molecule has 4 rings (SSSR count). The number of nitrogens with one attached hydrogen (secondary N) is 2. The Balaban J connectivity index is 1.37. The largest absolute Gasteiger partial charge is 0.458 e. The molecule has 0 aliphatic carbocycles. The van der Waals surface area contributed by atoms with Gasteiger partial charge in [-0.1, -0.05) is 0 Å². The summed E-state index contributed by atoms with van der Waals surface area (Å²) in [6.07, 6.45) is 6.72. The number of hydrogen-bond acceptors (Lipinski definition) is 5. The highest BCUT2D eigenvalue weighted by molar-refractivity contribution is 5.87. The molecule has 1 amide bonds. The van der Waals surface area contributed by atoms with E-state index in [0.717, 1.165) is 45.2 Å². The van der Waals surface area contributed by atoms with E-state index in [0.29, 0.717) is 18.0 Å². The SMILES string of the molecule is O=C1CCCC([C@@H]2C[C@H](CO)C3C[C@@H](OC(=O)c4ccc[nH]4)CCN3C2)N1. The van der Waals surface area contributed by atoms with Crippen molar-refractivity contribution in [1.29, 1.82) is 0 Å². The van der Waals surface area contributed by atoms with Gasteiger partial charge in [-0.05, 0) is 49.7 Å². The van der Waals surface area contributed by atoms with Crippen molar-refractivity contribution in [3.05, 3.63) is 24.0 Å². The van der Waals surface area contributed by atoms with E-state index in [4.69, 9.17) is 4.74 Å². The third kappa shape index (κ3) is 4.04. The lowest BCUT2D eigenvalue weighted by Crippen LogP contribution is -2.59. The quantitative estimate of drug-likeness (QED) is 0.690. The van der Waals surface area contributed by atoms with Crippen molar-refractivity contribution >= 4 is 11.9 Å². The van der Waals surface area contributed by atoms with E-state index in [-0.39, 0.29) is 42.6 Å². The maximum Gasteiger partial charge on any atom is 0.355 e. The number of rotatable bonds is 4. The summed E-state index contributed by atoms with van der Waals surface area (Å²) in [7, 11) is 0. The third-order valence-corrected chi connectivity index (χ3v) is 6.49. The topological polar surface area (TPSA) is 94.7 Å². The molecule has 0 radical (unpaired) electrons. The highest BCUT2D eigenvalue weighted by atomic mass is 16.5. The third-order valence-electron chi connectivity index (χ3n) is 6.49. The summed E-state index contributed by atoms with van der Waals surface area (Å²) in [6.45, 7) is 1.94. The molecular weight excluding hydrogens is 346 g/mol. The summed E-state index contributed by atoms with van der Waals surface area (Å²) in [5.41, 5.74) is 0.480. The highest BCUT2D eigenvalue weighted by Gasteiger charge is 2.43. The molecule has 0 bridgehead atoms. The number of nitrogens with zero attached hydrogens (tertiary/aromatic N) is 1. The maximum atomic E-state index is 12.2. The second-order valence-corrected chi connectivity index (χ2v) is 8.20. The van der Waals surface area contributed by atoms with E-state index in [1.54, 1.807) is 18.3 Å². The Morgan fingerprint density at radius 1 is 1.33 bits per heavy atom. The highest BCUT2D eigenvalue weighted by Crippen LogP contribution is 2.37. The van der Waals surface area contributed by atoms with Crippen LogP contribution in [0.15, 0.2) is 18.3 Å². The number of aliphatic hydroxyl groups is 1. The number of ether oxygens (including phenoxy) is 1. The Labute approximate surface area is 159 Å². The summed E-state index contributed by atoms with van der Waals surface area (Å²) in [4.78, 5) is 29.3. The molecule has 1 aromatic rings. The van der Waals surface area contributed by atoms with Gasteiger partial charge in [-0.25, -0.2) is 4.79 Å². The molecule has 3 saturated heterocycles. The number of amides is 1. The molecule has 148 valence electrons. The fraction of sp³-hybridized carbons (Fsp3) is 0.700. The zero-order valence-electron chi connectivity index (χ0n) is 15.6. The van der Waals surface area contributed by atoms with E-state index < -0.39 is 0 Å². The van der Waals surface area contributed by atoms with E-state index in [2.05, 4.69) is 15.2 Å². The van der Waals surface area contributed by atoms with Gasteiger partial charge in [0.2, 0.25) is 5.91 Å². The standard InChI is InChI=1S/C20H29N3O4/c24-12-14-9-13(16-3-1-5-19(25)22-16)11-23-8-6-15(10-18(14)23)27-20(26)17-4-2-7-21-17/h2,4,7,13-16,18,21,24H,1,3,5-6,8-12H2,(H,22,25)/t13-,14-,15+,16?,18?/m1/s1. The van der Waals surface area contributed by atoms with Gasteiger partial charge in [0.15, 0.2) is 0 Å². The van der Waals surface area contributed by atoms with Gasteiger partial charge >= 0.3 is 5.97 Å². The molecule has 7 nitrogen and oxygen atoms in total. The minimum atomic E-state index is -0.308. The van der Waals surface area contributed by atoms with Crippen LogP contribution in [-0.2, 0) is 9.53 Å². The Kier molecular flexibility index (Phi) is 5.50. The number of piperidine rings is 3. The van der Waals surface area contributed by atoms with Gasteiger partial charge in [0.1, 0.15) is 11.8 Å². The van der Waals surface area contributed by atoms with Crippen LogP contribution >= 0.6 is 0 Å². The number of hydrogen-bond donors (Lipinski definition) is 3. The number of aliphatic hydroxyl groups excluding tert-OH is 1. The van der Waals surface area contributed by atoms with Crippen molar-refractivity contribution in [3.63, 3.8) is 0 Å². The van der Waals surface area contributed by atoms with Crippen LogP contribution in [-0.4, -0.2) is 64.8 Å². The predicted octanol–water partition coefficient (Wildman–Crippen LogP) is 1.30. The summed E-state index contributed by atoms with van der Waals surface area (Å²) in [5, 5.41) is 13.1. The fourth-order valence-corrected chi connectivity index (χ4v) is 5.11. The molecule has 4 heterocycles. The van der Waals surface area contributed by atoms with Gasteiger partial charge in [-0.15, -0.1) is 0 Å². The van der Waals surface area contributed by atoms with Crippen LogP contribution < -0.4 is 5.32 Å². The first-order chi connectivity index (χ1) is 13.1. The zero-order valence-corrected chi connectivity index (χ0v) is 15.6. The van der Waals surface area contributed by atoms with Gasteiger partial charge in [0, 0.05) is 50.8 Å². The lowest BCUT2D eigenvalue weighted by atomic mass is 9.75. The van der Waals surface area contributed by atoms with E-state index in [9.17, 15) is 14.7 Å². The van der Waals surface area contributed by atoms with Crippen LogP contribution in [0.1, 0.15) is 49.0 Å². The van der Waals surface area contributed by atoms with Crippen molar-refractivity contribution in [2.75, 3.05) is 19.7 Å². The molecular formula is C20H29N3O4. The lowest BCUT2D eigenvalue weighted by molar-refractivity contribution is -0.124. The minimum absolute atomic E-state index is 0.109. The molecule has 7 heteroatoms.